The zero-order valence-electron chi connectivity index (χ0n) is 10.2. The van der Waals surface area contributed by atoms with Crippen LogP contribution in [0.25, 0.3) is 11.1 Å². The summed E-state index contributed by atoms with van der Waals surface area (Å²) >= 11 is 5.44. The van der Waals surface area contributed by atoms with E-state index in [-0.39, 0.29) is 11.1 Å². The molecule has 2 aromatic rings. The number of aromatic carboxylic acids is 1. The molecular weight excluding hydrogens is 304 g/mol. The van der Waals surface area contributed by atoms with Crippen LogP contribution < -0.4 is 5.73 Å². The SMILES string of the molecule is N#Cc1ccc(-c2c(C(=O)O)nc(Cl)c(F)c2N)c(F)c1. The quantitative estimate of drug-likeness (QED) is 0.831. The molecule has 1 aromatic heterocycles. The van der Waals surface area contributed by atoms with E-state index in [4.69, 9.17) is 27.7 Å². The number of carbonyl (C=O) groups is 1. The molecule has 0 unspecified atom stereocenters. The Kier molecular flexibility index (Phi) is 3.74. The molecule has 1 aromatic carbocycles. The summed E-state index contributed by atoms with van der Waals surface area (Å²) in [7, 11) is 0. The largest absolute Gasteiger partial charge is 0.476 e. The summed E-state index contributed by atoms with van der Waals surface area (Å²) in [6, 6.07) is 4.97. The van der Waals surface area contributed by atoms with Crippen molar-refractivity contribution in [3.8, 4) is 17.2 Å². The van der Waals surface area contributed by atoms with E-state index in [1.54, 1.807) is 6.07 Å². The van der Waals surface area contributed by atoms with Crippen LogP contribution in [-0.2, 0) is 0 Å². The second-order valence-electron chi connectivity index (χ2n) is 3.97. The van der Waals surface area contributed by atoms with E-state index in [2.05, 4.69) is 4.98 Å². The van der Waals surface area contributed by atoms with Crippen LogP contribution in [0.2, 0.25) is 5.15 Å². The van der Waals surface area contributed by atoms with Gasteiger partial charge < -0.3 is 10.8 Å². The van der Waals surface area contributed by atoms with Crippen LogP contribution in [0.5, 0.6) is 0 Å². The predicted octanol–water partition coefficient (Wildman–Crippen LogP) is 2.83. The summed E-state index contributed by atoms with van der Waals surface area (Å²) < 4.78 is 27.7. The monoisotopic (exact) mass is 309 g/mol. The molecule has 0 bridgehead atoms. The highest BCUT2D eigenvalue weighted by molar-refractivity contribution is 6.30. The lowest BCUT2D eigenvalue weighted by Crippen LogP contribution is -2.09. The van der Waals surface area contributed by atoms with Crippen molar-refractivity contribution in [1.82, 2.24) is 4.98 Å². The number of hydrogen-bond acceptors (Lipinski definition) is 4. The molecule has 0 radical (unpaired) electrons. The molecule has 0 aliphatic carbocycles. The summed E-state index contributed by atoms with van der Waals surface area (Å²) in [5.74, 6) is -3.60. The molecular formula is C13H6ClF2N3O2. The van der Waals surface area contributed by atoms with Crippen molar-refractivity contribution in [2.24, 2.45) is 0 Å². The molecule has 5 nitrogen and oxygen atoms in total. The molecule has 0 spiro atoms. The van der Waals surface area contributed by atoms with Crippen LogP contribution in [-0.4, -0.2) is 16.1 Å². The maximum Gasteiger partial charge on any atom is 0.355 e. The van der Waals surface area contributed by atoms with Crippen molar-refractivity contribution in [1.29, 1.82) is 5.26 Å². The lowest BCUT2D eigenvalue weighted by Gasteiger charge is -2.12. The molecule has 0 saturated heterocycles. The number of anilines is 1. The maximum atomic E-state index is 14.0. The molecule has 0 aliphatic rings. The number of hydrogen-bond donors (Lipinski definition) is 2. The Balaban J connectivity index is 2.83. The zero-order valence-corrected chi connectivity index (χ0v) is 10.9. The van der Waals surface area contributed by atoms with E-state index < -0.39 is 39.7 Å². The second kappa shape index (κ2) is 5.34. The number of halogens is 3. The van der Waals surface area contributed by atoms with Gasteiger partial charge in [0.05, 0.1) is 17.3 Å². The van der Waals surface area contributed by atoms with Crippen LogP contribution >= 0.6 is 11.6 Å². The molecule has 3 N–H and O–H groups in total. The molecule has 21 heavy (non-hydrogen) atoms. The number of aromatic nitrogens is 1. The van der Waals surface area contributed by atoms with Crippen molar-refractivity contribution in [2.75, 3.05) is 5.73 Å². The van der Waals surface area contributed by atoms with Gasteiger partial charge >= 0.3 is 5.97 Å². The standard InChI is InChI=1S/C13H6ClF2N3O2/c14-12-9(16)10(18)8(11(19-12)13(20)21)6-2-1-5(4-17)3-7(6)15/h1-3H,(H2,18,19)(H,20,21). The second-order valence-corrected chi connectivity index (χ2v) is 4.32. The third-order valence-electron chi connectivity index (χ3n) is 2.70. The zero-order chi connectivity index (χ0) is 15.7. The Morgan fingerprint density at radius 3 is 2.62 bits per heavy atom. The predicted molar refractivity (Wildman–Crippen MR) is 70.7 cm³/mol. The molecule has 106 valence electrons. The Bertz CT molecular complexity index is 803. The number of rotatable bonds is 2. The van der Waals surface area contributed by atoms with Gasteiger partial charge in [0, 0.05) is 11.1 Å². The fourth-order valence-corrected chi connectivity index (χ4v) is 1.95. The van der Waals surface area contributed by atoms with Gasteiger partial charge in [0.1, 0.15) is 5.82 Å². The van der Waals surface area contributed by atoms with Crippen molar-refractivity contribution in [2.45, 2.75) is 0 Å². The van der Waals surface area contributed by atoms with Crippen LogP contribution in [0.1, 0.15) is 16.1 Å². The van der Waals surface area contributed by atoms with E-state index in [1.807, 2.05) is 0 Å². The number of pyridine rings is 1. The minimum atomic E-state index is -1.54. The summed E-state index contributed by atoms with van der Waals surface area (Å²) in [5.41, 5.74) is 3.50. The third-order valence-corrected chi connectivity index (χ3v) is 2.95. The van der Waals surface area contributed by atoms with Gasteiger partial charge in [-0.3, -0.25) is 0 Å². The minimum Gasteiger partial charge on any atom is -0.476 e. The van der Waals surface area contributed by atoms with E-state index in [0.717, 1.165) is 12.1 Å². The van der Waals surface area contributed by atoms with Crippen LogP contribution in [0, 0.1) is 23.0 Å². The highest BCUT2D eigenvalue weighted by atomic mass is 35.5. The number of carboxylic acids is 1. The summed E-state index contributed by atoms with van der Waals surface area (Å²) in [5, 5.41) is 17.0. The molecule has 0 fully saturated rings. The first-order valence-corrected chi connectivity index (χ1v) is 5.82. The molecule has 0 aliphatic heterocycles. The van der Waals surface area contributed by atoms with E-state index in [0.29, 0.717) is 0 Å². The number of nitrogens with two attached hydrogens (primary N) is 1. The van der Waals surface area contributed by atoms with Crippen LogP contribution in [0.15, 0.2) is 18.2 Å². The van der Waals surface area contributed by atoms with Crippen LogP contribution in [0.4, 0.5) is 14.5 Å². The highest BCUT2D eigenvalue weighted by Gasteiger charge is 2.24. The van der Waals surface area contributed by atoms with Crippen molar-refractivity contribution in [3.63, 3.8) is 0 Å². The summed E-state index contributed by atoms with van der Waals surface area (Å²) in [4.78, 5) is 14.5. The number of benzene rings is 1. The Labute approximate surface area is 122 Å². The van der Waals surface area contributed by atoms with Gasteiger partial charge in [0.15, 0.2) is 16.7 Å². The smallest absolute Gasteiger partial charge is 0.355 e. The molecule has 8 heteroatoms. The molecule has 0 atom stereocenters. The average Bonchev–Trinajstić information content (AvgIpc) is 2.45. The Morgan fingerprint density at radius 2 is 2.10 bits per heavy atom. The minimum absolute atomic E-state index is 0.0223. The van der Waals surface area contributed by atoms with Gasteiger partial charge in [-0.05, 0) is 18.2 Å². The Morgan fingerprint density at radius 1 is 1.43 bits per heavy atom. The first-order valence-electron chi connectivity index (χ1n) is 5.44. The van der Waals surface area contributed by atoms with E-state index in [9.17, 15) is 13.6 Å². The number of nitriles is 1. The molecule has 0 amide bonds. The summed E-state index contributed by atoms with van der Waals surface area (Å²) in [6.07, 6.45) is 0. The molecule has 1 heterocycles. The van der Waals surface area contributed by atoms with Crippen molar-refractivity contribution < 1.29 is 18.7 Å². The van der Waals surface area contributed by atoms with Gasteiger partial charge in [-0.25, -0.2) is 18.6 Å². The van der Waals surface area contributed by atoms with Crippen molar-refractivity contribution >= 4 is 23.3 Å². The highest BCUT2D eigenvalue weighted by Crippen LogP contribution is 2.35. The van der Waals surface area contributed by atoms with Gasteiger partial charge in [0.25, 0.3) is 0 Å². The van der Waals surface area contributed by atoms with Crippen LogP contribution in [0.3, 0.4) is 0 Å². The topological polar surface area (TPSA) is 100 Å². The third kappa shape index (κ3) is 2.49. The van der Waals surface area contributed by atoms with Gasteiger partial charge in [-0.2, -0.15) is 5.26 Å². The average molecular weight is 310 g/mol. The molecule has 0 saturated carbocycles. The van der Waals surface area contributed by atoms with E-state index in [1.165, 1.54) is 6.07 Å². The fourth-order valence-electron chi connectivity index (χ4n) is 1.77. The van der Waals surface area contributed by atoms with Crippen molar-refractivity contribution in [3.05, 3.63) is 46.2 Å². The van der Waals surface area contributed by atoms with Gasteiger partial charge in [-0.15, -0.1) is 0 Å². The lowest BCUT2D eigenvalue weighted by atomic mass is 10.00. The number of carboxylic acid groups (broad SMARTS) is 1. The summed E-state index contributed by atoms with van der Waals surface area (Å²) in [6.45, 7) is 0. The fraction of sp³-hybridized carbons (Fsp3) is 0. The first kappa shape index (κ1) is 14.7. The van der Waals surface area contributed by atoms with Gasteiger partial charge in [-0.1, -0.05) is 11.6 Å². The maximum absolute atomic E-state index is 14.0. The number of nitrogens with zero attached hydrogens (tertiary/aromatic N) is 2. The Hall–Kier alpha value is -2.72. The first-order chi connectivity index (χ1) is 9.86. The lowest BCUT2D eigenvalue weighted by molar-refractivity contribution is 0.0691. The van der Waals surface area contributed by atoms with E-state index >= 15 is 0 Å². The normalized spacial score (nSPS) is 10.2. The molecule has 2 rings (SSSR count). The van der Waals surface area contributed by atoms with Gasteiger partial charge in [0.2, 0.25) is 0 Å². The number of nitrogen functional groups attached to an aromatic ring is 1.